The summed E-state index contributed by atoms with van der Waals surface area (Å²) in [5.74, 6) is -0.395. The number of halogens is 1. The van der Waals surface area contributed by atoms with E-state index in [-0.39, 0.29) is 30.4 Å². The van der Waals surface area contributed by atoms with Crippen LogP contribution in [0.2, 0.25) is 0 Å². The molecular weight excluding hydrogens is 373 g/mol. The van der Waals surface area contributed by atoms with Crippen LogP contribution in [0.15, 0.2) is 54.6 Å². The van der Waals surface area contributed by atoms with E-state index in [4.69, 9.17) is 4.74 Å². The number of carbonyl (C=O) groups excluding carboxylic acids is 2. The van der Waals surface area contributed by atoms with Crippen LogP contribution in [0.4, 0.5) is 4.39 Å². The van der Waals surface area contributed by atoms with Gasteiger partial charge in [0.15, 0.2) is 5.78 Å². The maximum Gasteiger partial charge on any atom is 0.272 e. The normalized spacial score (nSPS) is 13.3. The van der Waals surface area contributed by atoms with Gasteiger partial charge >= 0.3 is 0 Å². The minimum Gasteiger partial charge on any atom is -0.487 e. The summed E-state index contributed by atoms with van der Waals surface area (Å²) >= 11 is 0. The van der Waals surface area contributed by atoms with E-state index in [1.807, 2.05) is 30.3 Å². The van der Waals surface area contributed by atoms with Gasteiger partial charge in [0, 0.05) is 18.7 Å². The van der Waals surface area contributed by atoms with Crippen molar-refractivity contribution in [2.75, 3.05) is 6.54 Å². The molecule has 0 atom stereocenters. The third kappa shape index (κ3) is 3.89. The number of para-hydroxylation sites is 1. The fourth-order valence-corrected chi connectivity index (χ4v) is 3.37. The molecule has 7 heteroatoms. The van der Waals surface area contributed by atoms with Crippen molar-refractivity contribution in [1.29, 1.82) is 0 Å². The number of carbonyl (C=O) groups is 2. The van der Waals surface area contributed by atoms with Crippen LogP contribution in [0.1, 0.15) is 39.0 Å². The molecule has 148 valence electrons. The van der Waals surface area contributed by atoms with Crippen molar-refractivity contribution in [1.82, 2.24) is 14.7 Å². The molecule has 3 aromatic rings. The zero-order valence-electron chi connectivity index (χ0n) is 16.0. The van der Waals surface area contributed by atoms with Gasteiger partial charge in [0.05, 0.1) is 12.1 Å². The van der Waals surface area contributed by atoms with Gasteiger partial charge in [-0.05, 0) is 31.2 Å². The van der Waals surface area contributed by atoms with E-state index in [1.54, 1.807) is 27.8 Å². The topological polar surface area (TPSA) is 64.4 Å². The second-order valence-electron chi connectivity index (χ2n) is 6.91. The van der Waals surface area contributed by atoms with Gasteiger partial charge in [-0.15, -0.1) is 0 Å². The summed E-state index contributed by atoms with van der Waals surface area (Å²) in [5, 5.41) is 4.44. The van der Waals surface area contributed by atoms with Crippen LogP contribution in [0, 0.1) is 5.82 Å². The van der Waals surface area contributed by atoms with Gasteiger partial charge in [0.2, 0.25) is 0 Å². The summed E-state index contributed by atoms with van der Waals surface area (Å²) in [4.78, 5) is 26.0. The molecule has 0 radical (unpaired) electrons. The number of nitrogens with zero attached hydrogens (tertiary/aromatic N) is 3. The average Bonchev–Trinajstić information content (AvgIpc) is 3.14. The molecule has 0 N–H and O–H groups in total. The summed E-state index contributed by atoms with van der Waals surface area (Å²) in [6.07, 6.45) is 0. The smallest absolute Gasteiger partial charge is 0.272 e. The second-order valence-corrected chi connectivity index (χ2v) is 6.91. The van der Waals surface area contributed by atoms with Gasteiger partial charge in [0.25, 0.3) is 5.91 Å². The number of hydrogen-bond acceptors (Lipinski definition) is 4. The Bertz CT molecular complexity index is 1060. The number of hydrogen-bond donors (Lipinski definition) is 0. The first kappa shape index (κ1) is 18.9. The Morgan fingerprint density at radius 2 is 1.93 bits per heavy atom. The third-order valence-electron chi connectivity index (χ3n) is 4.87. The highest BCUT2D eigenvalue weighted by Gasteiger charge is 2.27. The predicted octanol–water partition coefficient (Wildman–Crippen LogP) is 3.46. The first-order valence-corrected chi connectivity index (χ1v) is 9.35. The summed E-state index contributed by atoms with van der Waals surface area (Å²) in [7, 11) is 0. The maximum atomic E-state index is 14.6. The molecule has 0 aliphatic carbocycles. The zero-order chi connectivity index (χ0) is 20.4. The molecule has 0 saturated carbocycles. The van der Waals surface area contributed by atoms with Crippen LogP contribution in [-0.2, 0) is 19.7 Å². The van der Waals surface area contributed by atoms with E-state index in [0.717, 1.165) is 5.75 Å². The van der Waals surface area contributed by atoms with Crippen molar-refractivity contribution >= 4 is 11.7 Å². The van der Waals surface area contributed by atoms with Crippen LogP contribution in [-0.4, -0.2) is 32.9 Å². The van der Waals surface area contributed by atoms with Crippen molar-refractivity contribution in [3.63, 3.8) is 0 Å². The highest BCUT2D eigenvalue weighted by Crippen LogP contribution is 2.20. The summed E-state index contributed by atoms with van der Waals surface area (Å²) < 4.78 is 21.9. The van der Waals surface area contributed by atoms with Crippen LogP contribution in [0.25, 0.3) is 0 Å². The van der Waals surface area contributed by atoms with Gasteiger partial charge in [-0.3, -0.25) is 14.3 Å². The molecule has 1 aliphatic rings. The van der Waals surface area contributed by atoms with E-state index in [1.165, 1.54) is 13.0 Å². The molecule has 4 rings (SSSR count). The van der Waals surface area contributed by atoms with E-state index in [0.29, 0.717) is 30.0 Å². The monoisotopic (exact) mass is 393 g/mol. The van der Waals surface area contributed by atoms with E-state index < -0.39 is 5.82 Å². The first-order chi connectivity index (χ1) is 14.0. The standard InChI is InChI=1S/C22H20FN3O3/c1-15(27)19-9-5-6-16(21(19)23)13-25-10-11-26-20(22(25)28)12-17(24-26)14-29-18-7-3-2-4-8-18/h2-9,12H,10-11,13-14H2,1H3. The van der Waals surface area contributed by atoms with Gasteiger partial charge in [0.1, 0.15) is 29.6 Å². The lowest BCUT2D eigenvalue weighted by molar-refractivity contribution is 0.0682. The maximum absolute atomic E-state index is 14.6. The van der Waals surface area contributed by atoms with Gasteiger partial charge in [-0.2, -0.15) is 5.10 Å². The lowest BCUT2D eigenvalue weighted by Crippen LogP contribution is -2.40. The highest BCUT2D eigenvalue weighted by atomic mass is 19.1. The molecule has 2 heterocycles. The fourth-order valence-electron chi connectivity index (χ4n) is 3.37. The molecule has 0 unspecified atom stereocenters. The number of rotatable bonds is 6. The van der Waals surface area contributed by atoms with Crippen molar-refractivity contribution in [2.45, 2.75) is 26.6 Å². The number of fused-ring (bicyclic) bond motifs is 1. The Kier molecular flexibility index (Phi) is 5.12. The molecule has 29 heavy (non-hydrogen) atoms. The lowest BCUT2D eigenvalue weighted by atomic mass is 10.1. The molecule has 1 aromatic heterocycles. The lowest BCUT2D eigenvalue weighted by Gasteiger charge is -2.27. The summed E-state index contributed by atoms with van der Waals surface area (Å²) in [5.41, 5.74) is 1.47. The number of aromatic nitrogens is 2. The number of ether oxygens (including phenoxy) is 1. The Labute approximate surface area is 167 Å². The molecule has 0 fully saturated rings. The second kappa shape index (κ2) is 7.87. The Morgan fingerprint density at radius 1 is 1.14 bits per heavy atom. The number of ketones is 1. The van der Waals surface area contributed by atoms with Crippen LogP contribution < -0.4 is 4.74 Å². The van der Waals surface area contributed by atoms with Crippen molar-refractivity contribution in [3.05, 3.63) is 82.9 Å². The molecule has 0 saturated heterocycles. The van der Waals surface area contributed by atoms with Crippen LogP contribution in [0.5, 0.6) is 5.75 Å². The van der Waals surface area contributed by atoms with Crippen LogP contribution >= 0.6 is 0 Å². The molecule has 2 aromatic carbocycles. The Hall–Kier alpha value is -3.48. The van der Waals surface area contributed by atoms with Gasteiger partial charge in [-0.1, -0.05) is 30.3 Å². The van der Waals surface area contributed by atoms with E-state index in [2.05, 4.69) is 5.10 Å². The minimum atomic E-state index is -0.566. The predicted molar refractivity (Wildman–Crippen MR) is 104 cm³/mol. The van der Waals surface area contributed by atoms with Crippen LogP contribution in [0.3, 0.4) is 0 Å². The molecule has 0 bridgehead atoms. The van der Waals surface area contributed by atoms with Crippen molar-refractivity contribution in [3.8, 4) is 5.75 Å². The summed E-state index contributed by atoms with van der Waals surface area (Å²) in [6.45, 7) is 2.61. The Balaban J connectivity index is 1.48. The average molecular weight is 393 g/mol. The zero-order valence-corrected chi connectivity index (χ0v) is 16.0. The minimum absolute atomic E-state index is 0.0392. The third-order valence-corrected chi connectivity index (χ3v) is 4.87. The number of Topliss-reactive ketones (excluding diaryl/α,β-unsaturated/α-hetero) is 1. The summed E-state index contributed by atoms with van der Waals surface area (Å²) in [6, 6.07) is 15.8. The van der Waals surface area contributed by atoms with Gasteiger partial charge < -0.3 is 9.64 Å². The highest BCUT2D eigenvalue weighted by molar-refractivity contribution is 5.95. The number of benzene rings is 2. The quantitative estimate of drug-likeness (QED) is 0.602. The Morgan fingerprint density at radius 3 is 2.69 bits per heavy atom. The van der Waals surface area contributed by atoms with E-state index in [9.17, 15) is 14.0 Å². The molecule has 0 spiro atoms. The number of amides is 1. The molecule has 1 amide bonds. The largest absolute Gasteiger partial charge is 0.487 e. The first-order valence-electron chi connectivity index (χ1n) is 9.35. The molecule has 6 nitrogen and oxygen atoms in total. The fraction of sp³-hybridized carbons (Fsp3) is 0.227. The molecule has 1 aliphatic heterocycles. The molecular formula is C22H20FN3O3. The van der Waals surface area contributed by atoms with E-state index >= 15 is 0 Å². The van der Waals surface area contributed by atoms with Crippen molar-refractivity contribution in [2.24, 2.45) is 0 Å². The van der Waals surface area contributed by atoms with Gasteiger partial charge in [-0.25, -0.2) is 4.39 Å². The van der Waals surface area contributed by atoms with Crippen molar-refractivity contribution < 1.29 is 18.7 Å². The SMILES string of the molecule is CC(=O)c1cccc(CN2CCn3nc(COc4ccccc4)cc3C2=O)c1F.